The van der Waals surface area contributed by atoms with E-state index in [1.807, 2.05) is 73.6 Å². The van der Waals surface area contributed by atoms with E-state index in [0.29, 0.717) is 11.4 Å². The molecule has 2 aliphatic rings. The minimum absolute atomic E-state index is 0.121. The highest BCUT2D eigenvalue weighted by molar-refractivity contribution is 7.99. The molecule has 0 radical (unpaired) electrons. The summed E-state index contributed by atoms with van der Waals surface area (Å²) in [6, 6.07) is 14.4. The Balaban J connectivity index is 1.84. The van der Waals surface area contributed by atoms with Crippen LogP contribution >= 0.6 is 11.8 Å². The van der Waals surface area contributed by atoms with E-state index in [-0.39, 0.29) is 19.3 Å². The number of benzene rings is 1. The molecule has 1 N–H and O–H groups in total. The van der Waals surface area contributed by atoms with Gasteiger partial charge in [0.1, 0.15) is 17.4 Å². The van der Waals surface area contributed by atoms with E-state index in [1.165, 1.54) is 16.7 Å². The summed E-state index contributed by atoms with van der Waals surface area (Å²) in [5.74, 6) is -0.799. The fourth-order valence-electron chi connectivity index (χ4n) is 5.75. The fourth-order valence-corrected chi connectivity index (χ4v) is 7.13. The molecule has 216 valence electrons. The smallest absolute Gasteiger partial charge is 0.356 e. The topological polar surface area (TPSA) is 69.6 Å². The molecular weight excluding hydrogens is 548 g/mol. The molecule has 4 aromatic rings. The first-order chi connectivity index (χ1) is 20.3. The van der Waals surface area contributed by atoms with E-state index in [2.05, 4.69) is 49.3 Å². The summed E-state index contributed by atoms with van der Waals surface area (Å²) in [7, 11) is 8.24. The third-order valence-electron chi connectivity index (χ3n) is 7.74. The van der Waals surface area contributed by atoms with Gasteiger partial charge in [0.2, 0.25) is 0 Å². The van der Waals surface area contributed by atoms with Crippen LogP contribution < -0.4 is 20.4 Å². The summed E-state index contributed by atoms with van der Waals surface area (Å²) in [6.45, 7) is 4.13. The van der Waals surface area contributed by atoms with E-state index in [4.69, 9.17) is 9.47 Å². The van der Waals surface area contributed by atoms with Crippen molar-refractivity contribution in [2.24, 2.45) is 0 Å². The Morgan fingerprint density at radius 1 is 0.976 bits per heavy atom. The Morgan fingerprint density at radius 3 is 2.31 bits per heavy atom. The maximum Gasteiger partial charge on any atom is 0.356 e. The van der Waals surface area contributed by atoms with Crippen LogP contribution in [0.2, 0.25) is 0 Å². The molecule has 1 atom stereocenters. The van der Waals surface area contributed by atoms with E-state index in [0.717, 1.165) is 48.3 Å². The largest absolute Gasteiger partial charge is 0.461 e. The molecule has 5 heterocycles. The lowest BCUT2D eigenvalue weighted by atomic mass is 9.95. The molecule has 0 spiro atoms. The number of hydrogen-bond acceptors (Lipinski definition) is 6. The van der Waals surface area contributed by atoms with Gasteiger partial charge in [-0.3, -0.25) is 0 Å². The van der Waals surface area contributed by atoms with Gasteiger partial charge in [-0.25, -0.2) is 9.59 Å². The number of esters is 2. The second-order valence-corrected chi connectivity index (χ2v) is 11.8. The van der Waals surface area contributed by atoms with Gasteiger partial charge in [-0.15, -0.1) is 0 Å². The Morgan fingerprint density at radius 2 is 1.67 bits per heavy atom. The second kappa shape index (κ2) is 10.9. The number of aromatic nitrogens is 2. The number of carbonyl (C=O) groups is 2. The Bertz CT molecular complexity index is 1880. The van der Waals surface area contributed by atoms with E-state index in [1.54, 1.807) is 0 Å². The minimum Gasteiger partial charge on any atom is -0.461 e. The molecule has 1 unspecified atom stereocenters. The van der Waals surface area contributed by atoms with Crippen LogP contribution in [0.15, 0.2) is 64.5 Å². The molecule has 0 fully saturated rings. The molecule has 8 nitrogen and oxygen atoms in total. The second-order valence-electron chi connectivity index (χ2n) is 10.8. The summed E-state index contributed by atoms with van der Waals surface area (Å²) in [6.07, 6.45) is 8.24. The van der Waals surface area contributed by atoms with Crippen LogP contribution in [0.5, 0.6) is 0 Å². The number of hydrogen-bond donors (Lipinski definition) is 1. The van der Waals surface area contributed by atoms with E-state index in [9.17, 15) is 9.59 Å². The molecule has 0 bridgehead atoms. The number of pyridine rings is 1. The SMILES string of the molecule is CCOC(=O)c1c2c(c3n1C=CC([NH+](C)C)C=3)=C(c1ccccc1)c1c(c(C(=O)OCC)n3ccc(N(C)C)cc13)S2. The van der Waals surface area contributed by atoms with Crippen molar-refractivity contribution in [3.63, 3.8) is 0 Å². The molecule has 6 rings (SSSR count). The predicted molar refractivity (Wildman–Crippen MR) is 166 cm³/mol. The van der Waals surface area contributed by atoms with Gasteiger partial charge < -0.3 is 28.2 Å². The zero-order valence-electron chi connectivity index (χ0n) is 24.7. The van der Waals surface area contributed by atoms with Gasteiger partial charge in [0.25, 0.3) is 0 Å². The first-order valence-electron chi connectivity index (χ1n) is 14.2. The van der Waals surface area contributed by atoms with Crippen LogP contribution in [-0.4, -0.2) is 68.4 Å². The summed E-state index contributed by atoms with van der Waals surface area (Å²) in [5.41, 5.74) is 5.75. The Labute approximate surface area is 249 Å². The van der Waals surface area contributed by atoms with Crippen LogP contribution in [0.1, 0.15) is 46.0 Å². The molecule has 3 aromatic heterocycles. The monoisotopic (exact) mass is 583 g/mol. The van der Waals surface area contributed by atoms with Crippen molar-refractivity contribution in [3.05, 3.63) is 87.8 Å². The van der Waals surface area contributed by atoms with Crippen molar-refractivity contribution in [2.45, 2.75) is 29.7 Å². The van der Waals surface area contributed by atoms with Crippen molar-refractivity contribution < 1.29 is 24.0 Å². The Kier molecular flexibility index (Phi) is 7.24. The zero-order chi connectivity index (χ0) is 29.7. The Hall–Kier alpha value is -4.21. The zero-order valence-corrected chi connectivity index (χ0v) is 25.5. The molecule has 0 saturated carbocycles. The van der Waals surface area contributed by atoms with Crippen molar-refractivity contribution in [3.8, 4) is 0 Å². The third-order valence-corrected chi connectivity index (χ3v) is 8.95. The van der Waals surface area contributed by atoms with Gasteiger partial charge in [0.15, 0.2) is 0 Å². The lowest BCUT2D eigenvalue weighted by molar-refractivity contribution is -0.868. The van der Waals surface area contributed by atoms with Crippen LogP contribution in [0.4, 0.5) is 5.69 Å². The number of nitrogens with one attached hydrogen (secondary N) is 1. The lowest BCUT2D eigenvalue weighted by Gasteiger charge is -2.18. The number of nitrogens with zero attached hydrogens (tertiary/aromatic N) is 3. The molecule has 1 aromatic carbocycles. The average Bonchev–Trinajstić information content (AvgIpc) is 3.48. The maximum absolute atomic E-state index is 13.6. The molecule has 0 amide bonds. The van der Waals surface area contributed by atoms with Gasteiger partial charge in [0, 0.05) is 54.6 Å². The number of fused-ring (bicyclic) bond motifs is 6. The fraction of sp³-hybridized carbons (Fsp3) is 0.273. The van der Waals surface area contributed by atoms with Crippen LogP contribution in [0.3, 0.4) is 0 Å². The molecule has 42 heavy (non-hydrogen) atoms. The number of ether oxygens (including phenoxy) is 2. The predicted octanol–water partition coefficient (Wildman–Crippen LogP) is 2.65. The summed E-state index contributed by atoms with van der Waals surface area (Å²) >= 11 is 1.45. The molecule has 2 aliphatic heterocycles. The van der Waals surface area contributed by atoms with Crippen molar-refractivity contribution in [2.75, 3.05) is 46.3 Å². The first kappa shape index (κ1) is 27.9. The highest BCUT2D eigenvalue weighted by Crippen LogP contribution is 2.46. The lowest BCUT2D eigenvalue weighted by Crippen LogP contribution is -3.09. The number of carbonyl (C=O) groups excluding carboxylic acids is 2. The van der Waals surface area contributed by atoms with E-state index < -0.39 is 11.9 Å². The molecule has 0 aliphatic carbocycles. The summed E-state index contributed by atoms with van der Waals surface area (Å²) in [5, 5.41) is 1.91. The van der Waals surface area contributed by atoms with Crippen molar-refractivity contribution in [1.82, 2.24) is 8.97 Å². The van der Waals surface area contributed by atoms with Crippen LogP contribution in [0, 0.1) is 0 Å². The first-order valence-corrected chi connectivity index (χ1v) is 15.0. The summed E-state index contributed by atoms with van der Waals surface area (Å²) in [4.78, 5) is 32.1. The maximum atomic E-state index is 13.6. The normalized spacial score (nSPS) is 15.2. The van der Waals surface area contributed by atoms with Gasteiger partial charge in [0.05, 0.1) is 48.0 Å². The van der Waals surface area contributed by atoms with Gasteiger partial charge in [-0.05, 0) is 37.6 Å². The van der Waals surface area contributed by atoms with Gasteiger partial charge in [-0.2, -0.15) is 0 Å². The van der Waals surface area contributed by atoms with Crippen LogP contribution in [0.25, 0.3) is 23.4 Å². The van der Waals surface area contributed by atoms with E-state index >= 15 is 0 Å². The number of quaternary nitrogens is 1. The van der Waals surface area contributed by atoms with Gasteiger partial charge >= 0.3 is 11.9 Å². The summed E-state index contributed by atoms with van der Waals surface area (Å²) < 4.78 is 15.1. The number of anilines is 1. The molecule has 9 heteroatoms. The van der Waals surface area contributed by atoms with Gasteiger partial charge in [-0.1, -0.05) is 42.1 Å². The van der Waals surface area contributed by atoms with Crippen molar-refractivity contribution in [1.29, 1.82) is 0 Å². The standard InChI is InChI=1S/C33H34N4O4S/c1-7-40-32(38)28-30-26(23-18-21(34(3)4)14-16-36(23)28)25(20-12-10-9-11-13-20)27-24-19-22(35(5)6)15-17-37(24)29(31(27)42-30)33(39)41-8-2/h9-19,21H,7-8H2,1-6H3/p+1. The van der Waals surface area contributed by atoms with Crippen molar-refractivity contribution >= 4 is 52.8 Å². The number of likely N-dealkylation sites (N-methyl/N-ethyl adjacent to an activating group) is 1. The number of rotatable bonds is 7. The molecule has 0 saturated heterocycles. The van der Waals surface area contributed by atoms with Crippen LogP contribution in [-0.2, 0) is 9.47 Å². The quantitative estimate of drug-likeness (QED) is 0.297. The highest BCUT2D eigenvalue weighted by atomic mass is 32.2. The minimum atomic E-state index is -0.404. The third kappa shape index (κ3) is 4.35. The average molecular weight is 584 g/mol. The molecular formula is C33H35N4O4S+. The highest BCUT2D eigenvalue weighted by Gasteiger charge is 2.36.